The summed E-state index contributed by atoms with van der Waals surface area (Å²) in [7, 11) is 0. The molecular formula is C14H19N3O. The van der Waals surface area contributed by atoms with E-state index >= 15 is 0 Å². The minimum atomic E-state index is 0.0500. The van der Waals surface area contributed by atoms with Crippen LogP contribution in [0.2, 0.25) is 0 Å². The quantitative estimate of drug-likeness (QED) is 0.880. The molecule has 0 saturated heterocycles. The van der Waals surface area contributed by atoms with Gasteiger partial charge < -0.3 is 15.0 Å². The molecule has 0 unspecified atom stereocenters. The number of fused-ring (bicyclic) bond motifs is 1. The van der Waals surface area contributed by atoms with E-state index in [1.165, 1.54) is 5.69 Å². The van der Waals surface area contributed by atoms with Crippen molar-refractivity contribution in [3.05, 3.63) is 24.3 Å². The Labute approximate surface area is 108 Å². The van der Waals surface area contributed by atoms with Crippen LogP contribution in [0.5, 0.6) is 5.75 Å². The number of benzene rings is 1. The van der Waals surface area contributed by atoms with Gasteiger partial charge in [-0.2, -0.15) is 0 Å². The summed E-state index contributed by atoms with van der Waals surface area (Å²) in [6.45, 7) is 5.95. The van der Waals surface area contributed by atoms with Gasteiger partial charge in [0.15, 0.2) is 6.10 Å². The number of para-hydroxylation sites is 2. The first kappa shape index (κ1) is 11.4. The molecule has 0 bridgehead atoms. The summed E-state index contributed by atoms with van der Waals surface area (Å²) in [5.41, 5.74) is 1.20. The second kappa shape index (κ2) is 4.88. The van der Waals surface area contributed by atoms with Crippen LogP contribution in [-0.2, 0) is 0 Å². The average molecular weight is 245 g/mol. The summed E-state index contributed by atoms with van der Waals surface area (Å²) in [5.74, 6) is 1.98. The molecule has 2 aliphatic rings. The molecule has 0 fully saturated rings. The average Bonchev–Trinajstić information content (AvgIpc) is 2.93. The van der Waals surface area contributed by atoms with E-state index in [0.717, 1.165) is 44.2 Å². The Morgan fingerprint density at radius 3 is 3.11 bits per heavy atom. The van der Waals surface area contributed by atoms with E-state index in [-0.39, 0.29) is 6.10 Å². The van der Waals surface area contributed by atoms with Crippen molar-refractivity contribution in [2.45, 2.75) is 19.4 Å². The molecule has 1 aromatic carbocycles. The molecule has 18 heavy (non-hydrogen) atoms. The molecule has 1 aromatic rings. The van der Waals surface area contributed by atoms with Gasteiger partial charge in [-0.1, -0.05) is 19.1 Å². The first-order valence-electron chi connectivity index (χ1n) is 6.67. The van der Waals surface area contributed by atoms with E-state index in [0.29, 0.717) is 0 Å². The zero-order chi connectivity index (χ0) is 12.4. The van der Waals surface area contributed by atoms with Gasteiger partial charge in [0.05, 0.1) is 18.8 Å². The van der Waals surface area contributed by atoms with E-state index in [9.17, 15) is 0 Å². The molecular weight excluding hydrogens is 226 g/mol. The second-order valence-electron chi connectivity index (χ2n) is 4.71. The Morgan fingerprint density at radius 1 is 1.44 bits per heavy atom. The Kier molecular flexibility index (Phi) is 3.09. The Bertz CT molecular complexity index is 458. The highest BCUT2D eigenvalue weighted by molar-refractivity contribution is 5.89. The van der Waals surface area contributed by atoms with Gasteiger partial charge in [-0.05, 0) is 18.6 Å². The van der Waals surface area contributed by atoms with Crippen molar-refractivity contribution in [1.82, 2.24) is 5.32 Å². The van der Waals surface area contributed by atoms with E-state index in [1.54, 1.807) is 0 Å². The van der Waals surface area contributed by atoms with Crippen LogP contribution in [0.15, 0.2) is 29.3 Å². The number of nitrogens with one attached hydrogen (secondary N) is 1. The molecule has 96 valence electrons. The van der Waals surface area contributed by atoms with E-state index in [2.05, 4.69) is 34.3 Å². The lowest BCUT2D eigenvalue weighted by Gasteiger charge is -2.36. The molecule has 3 rings (SSSR count). The van der Waals surface area contributed by atoms with Crippen molar-refractivity contribution in [2.24, 2.45) is 4.99 Å². The van der Waals surface area contributed by atoms with Gasteiger partial charge in [-0.15, -0.1) is 0 Å². The standard InChI is InChI=1S/C14H19N3O/c1-2-9-17-10-13(14-15-7-8-16-14)18-12-6-4-3-5-11(12)17/h3-6,13H,2,7-10H2,1H3,(H,15,16)/t13-/m1/s1. The van der Waals surface area contributed by atoms with Crippen LogP contribution in [0.4, 0.5) is 5.69 Å². The number of anilines is 1. The van der Waals surface area contributed by atoms with Crippen LogP contribution in [-0.4, -0.2) is 38.1 Å². The fourth-order valence-electron chi connectivity index (χ4n) is 2.56. The predicted octanol–water partition coefficient (Wildman–Crippen LogP) is 1.67. The summed E-state index contributed by atoms with van der Waals surface area (Å²) < 4.78 is 6.06. The van der Waals surface area contributed by atoms with Gasteiger partial charge in [-0.3, -0.25) is 4.99 Å². The molecule has 0 aliphatic carbocycles. The van der Waals surface area contributed by atoms with Crippen molar-refractivity contribution in [3.63, 3.8) is 0 Å². The number of rotatable bonds is 3. The zero-order valence-corrected chi connectivity index (χ0v) is 10.7. The lowest BCUT2D eigenvalue weighted by molar-refractivity contribution is 0.252. The highest BCUT2D eigenvalue weighted by Crippen LogP contribution is 2.33. The van der Waals surface area contributed by atoms with Crippen LogP contribution in [0.25, 0.3) is 0 Å². The fraction of sp³-hybridized carbons (Fsp3) is 0.500. The summed E-state index contributed by atoms with van der Waals surface area (Å²) in [5, 5.41) is 3.32. The molecule has 2 heterocycles. The maximum Gasteiger partial charge on any atom is 0.173 e. The highest BCUT2D eigenvalue weighted by Gasteiger charge is 2.29. The second-order valence-corrected chi connectivity index (χ2v) is 4.71. The summed E-state index contributed by atoms with van der Waals surface area (Å²) in [6.07, 6.45) is 1.19. The molecule has 1 N–H and O–H groups in total. The van der Waals surface area contributed by atoms with Crippen LogP contribution in [0.1, 0.15) is 13.3 Å². The number of hydrogen-bond acceptors (Lipinski definition) is 4. The number of ether oxygens (including phenoxy) is 1. The Balaban J connectivity index is 1.87. The molecule has 0 aromatic heterocycles. The van der Waals surface area contributed by atoms with Crippen molar-refractivity contribution in [1.29, 1.82) is 0 Å². The predicted molar refractivity (Wildman–Crippen MR) is 73.7 cm³/mol. The van der Waals surface area contributed by atoms with Gasteiger partial charge >= 0.3 is 0 Å². The number of nitrogens with zero attached hydrogens (tertiary/aromatic N) is 2. The minimum absolute atomic E-state index is 0.0500. The largest absolute Gasteiger partial charge is 0.478 e. The van der Waals surface area contributed by atoms with Crippen LogP contribution in [0.3, 0.4) is 0 Å². The van der Waals surface area contributed by atoms with Crippen LogP contribution < -0.4 is 15.0 Å². The van der Waals surface area contributed by atoms with Gasteiger partial charge in [0.2, 0.25) is 0 Å². The molecule has 0 spiro atoms. The third kappa shape index (κ3) is 2.03. The SMILES string of the molecule is CCCN1C[C@H](C2=NCCN2)Oc2ccccc21. The van der Waals surface area contributed by atoms with E-state index in [1.807, 2.05) is 12.1 Å². The lowest BCUT2D eigenvalue weighted by atomic mass is 10.1. The van der Waals surface area contributed by atoms with Gasteiger partial charge in [-0.25, -0.2) is 0 Å². The topological polar surface area (TPSA) is 36.9 Å². The molecule has 2 aliphatic heterocycles. The molecule has 0 radical (unpaired) electrons. The van der Waals surface area contributed by atoms with E-state index in [4.69, 9.17) is 4.74 Å². The minimum Gasteiger partial charge on any atom is -0.478 e. The first-order valence-corrected chi connectivity index (χ1v) is 6.67. The molecule has 4 nitrogen and oxygen atoms in total. The molecule has 4 heteroatoms. The molecule has 0 amide bonds. The highest BCUT2D eigenvalue weighted by atomic mass is 16.5. The lowest BCUT2D eigenvalue weighted by Crippen LogP contribution is -2.48. The Morgan fingerprint density at radius 2 is 2.33 bits per heavy atom. The fourth-order valence-corrected chi connectivity index (χ4v) is 2.56. The maximum atomic E-state index is 6.06. The smallest absolute Gasteiger partial charge is 0.173 e. The molecule has 1 atom stereocenters. The van der Waals surface area contributed by atoms with Crippen molar-refractivity contribution < 1.29 is 4.74 Å². The van der Waals surface area contributed by atoms with Gasteiger partial charge in [0.25, 0.3) is 0 Å². The normalized spacial score (nSPS) is 21.9. The van der Waals surface area contributed by atoms with Crippen LogP contribution in [0, 0.1) is 0 Å². The first-order chi connectivity index (χ1) is 8.88. The summed E-state index contributed by atoms with van der Waals surface area (Å²) in [6, 6.07) is 8.26. The van der Waals surface area contributed by atoms with Crippen molar-refractivity contribution in [2.75, 3.05) is 31.1 Å². The van der Waals surface area contributed by atoms with Crippen molar-refractivity contribution in [3.8, 4) is 5.75 Å². The Hall–Kier alpha value is -1.71. The number of amidine groups is 1. The zero-order valence-electron chi connectivity index (χ0n) is 10.7. The van der Waals surface area contributed by atoms with Crippen LogP contribution >= 0.6 is 0 Å². The number of aliphatic imine (C=N–C) groups is 1. The summed E-state index contributed by atoms with van der Waals surface area (Å²) >= 11 is 0. The van der Waals surface area contributed by atoms with E-state index < -0.39 is 0 Å². The molecule has 0 saturated carbocycles. The van der Waals surface area contributed by atoms with Gasteiger partial charge in [0.1, 0.15) is 11.6 Å². The summed E-state index contributed by atoms with van der Waals surface area (Å²) in [4.78, 5) is 6.88. The van der Waals surface area contributed by atoms with Gasteiger partial charge in [0, 0.05) is 13.1 Å². The van der Waals surface area contributed by atoms with Crippen molar-refractivity contribution >= 4 is 11.5 Å². The maximum absolute atomic E-state index is 6.06. The monoisotopic (exact) mass is 245 g/mol. The third-order valence-corrected chi connectivity index (χ3v) is 3.36. The number of hydrogen-bond donors (Lipinski definition) is 1. The third-order valence-electron chi connectivity index (χ3n) is 3.36.